The molecule has 74 valence electrons. The minimum Gasteiger partial charge on any atom is -0.392 e. The normalized spacial score (nSPS) is 11.1. The molecular formula is C10H9ClOS2. The molecule has 0 atom stereocenters. The van der Waals surface area contributed by atoms with Crippen LogP contribution in [0, 0.1) is 0 Å². The van der Waals surface area contributed by atoms with E-state index in [0.717, 1.165) is 20.7 Å². The molecule has 0 saturated carbocycles. The fourth-order valence-electron chi connectivity index (χ4n) is 1.38. The highest BCUT2D eigenvalue weighted by molar-refractivity contribution is 7.99. The minimum atomic E-state index is 0.0410. The molecule has 4 heteroatoms. The van der Waals surface area contributed by atoms with Crippen molar-refractivity contribution in [3.8, 4) is 0 Å². The zero-order valence-corrected chi connectivity index (χ0v) is 9.97. The summed E-state index contributed by atoms with van der Waals surface area (Å²) in [5, 5.41) is 13.0. The summed E-state index contributed by atoms with van der Waals surface area (Å²) in [4.78, 5) is 1.22. The quantitative estimate of drug-likeness (QED) is 0.812. The van der Waals surface area contributed by atoms with Crippen LogP contribution in [0.5, 0.6) is 0 Å². The first-order chi connectivity index (χ1) is 6.76. The van der Waals surface area contributed by atoms with Crippen LogP contribution in [0.1, 0.15) is 5.56 Å². The van der Waals surface area contributed by atoms with Crippen LogP contribution in [0.3, 0.4) is 0 Å². The summed E-state index contributed by atoms with van der Waals surface area (Å²) in [7, 11) is 0. The summed E-state index contributed by atoms with van der Waals surface area (Å²) >= 11 is 9.45. The van der Waals surface area contributed by atoms with Gasteiger partial charge in [0.1, 0.15) is 0 Å². The third-order valence-corrected chi connectivity index (χ3v) is 4.42. The van der Waals surface area contributed by atoms with Crippen molar-refractivity contribution in [1.29, 1.82) is 0 Å². The van der Waals surface area contributed by atoms with E-state index in [2.05, 4.69) is 5.38 Å². The lowest BCUT2D eigenvalue weighted by Gasteiger charge is -2.00. The average Bonchev–Trinajstić information content (AvgIpc) is 2.61. The van der Waals surface area contributed by atoms with Gasteiger partial charge in [-0.2, -0.15) is 0 Å². The second kappa shape index (κ2) is 4.11. The van der Waals surface area contributed by atoms with E-state index in [-0.39, 0.29) is 6.61 Å². The number of aliphatic hydroxyl groups excluding tert-OH is 1. The van der Waals surface area contributed by atoms with Crippen molar-refractivity contribution in [2.24, 2.45) is 0 Å². The zero-order chi connectivity index (χ0) is 10.1. The lowest BCUT2D eigenvalue weighted by atomic mass is 10.2. The van der Waals surface area contributed by atoms with Gasteiger partial charge in [-0.3, -0.25) is 0 Å². The van der Waals surface area contributed by atoms with Gasteiger partial charge in [0.05, 0.1) is 16.3 Å². The SMILES string of the molecule is CSc1csc2c(Cl)cc(CO)cc12. The van der Waals surface area contributed by atoms with Crippen LogP contribution in [0.4, 0.5) is 0 Å². The van der Waals surface area contributed by atoms with E-state index in [1.807, 2.05) is 18.4 Å². The first-order valence-electron chi connectivity index (χ1n) is 4.10. The Bertz CT molecular complexity index is 464. The number of aliphatic hydroxyl groups is 1. The van der Waals surface area contributed by atoms with Gasteiger partial charge in [0.25, 0.3) is 0 Å². The number of benzene rings is 1. The van der Waals surface area contributed by atoms with Crippen LogP contribution in [-0.2, 0) is 6.61 Å². The Labute approximate surface area is 95.7 Å². The highest BCUT2D eigenvalue weighted by atomic mass is 35.5. The van der Waals surface area contributed by atoms with Crippen LogP contribution in [-0.4, -0.2) is 11.4 Å². The standard InChI is InChI=1S/C10H9ClOS2/c1-13-9-5-14-10-7(9)2-6(4-12)3-8(10)11/h2-3,5,12H,4H2,1H3. The van der Waals surface area contributed by atoms with Gasteiger partial charge < -0.3 is 5.11 Å². The van der Waals surface area contributed by atoms with Crippen LogP contribution in [0.25, 0.3) is 10.1 Å². The topological polar surface area (TPSA) is 20.2 Å². The molecule has 1 N–H and O–H groups in total. The summed E-state index contributed by atoms with van der Waals surface area (Å²) in [6, 6.07) is 3.83. The fraction of sp³-hybridized carbons (Fsp3) is 0.200. The number of rotatable bonds is 2. The molecule has 0 aliphatic rings. The lowest BCUT2D eigenvalue weighted by Crippen LogP contribution is -1.82. The summed E-state index contributed by atoms with van der Waals surface area (Å²) in [5.41, 5.74) is 0.871. The van der Waals surface area contributed by atoms with Gasteiger partial charge in [-0.15, -0.1) is 23.1 Å². The first kappa shape index (κ1) is 10.3. The summed E-state index contributed by atoms with van der Waals surface area (Å²) < 4.78 is 1.10. The molecule has 0 fully saturated rings. The average molecular weight is 245 g/mol. The molecule has 0 aliphatic carbocycles. The molecular weight excluding hydrogens is 236 g/mol. The Hall–Kier alpha value is -0.220. The van der Waals surface area contributed by atoms with Gasteiger partial charge in [-0.1, -0.05) is 11.6 Å². The van der Waals surface area contributed by atoms with Crippen molar-refractivity contribution in [3.63, 3.8) is 0 Å². The van der Waals surface area contributed by atoms with Crippen molar-refractivity contribution in [3.05, 3.63) is 28.1 Å². The Morgan fingerprint density at radius 2 is 2.29 bits per heavy atom. The van der Waals surface area contributed by atoms with E-state index in [4.69, 9.17) is 16.7 Å². The molecule has 0 bridgehead atoms. The number of fused-ring (bicyclic) bond motifs is 1. The molecule has 0 saturated heterocycles. The van der Waals surface area contributed by atoms with Gasteiger partial charge in [-0.25, -0.2) is 0 Å². The zero-order valence-electron chi connectivity index (χ0n) is 7.58. The molecule has 1 nitrogen and oxygen atoms in total. The maximum atomic E-state index is 9.06. The molecule has 0 aliphatic heterocycles. The number of hydrogen-bond acceptors (Lipinski definition) is 3. The molecule has 14 heavy (non-hydrogen) atoms. The van der Waals surface area contributed by atoms with Crippen LogP contribution < -0.4 is 0 Å². The Balaban J connectivity index is 2.73. The number of thioether (sulfide) groups is 1. The first-order valence-corrected chi connectivity index (χ1v) is 6.59. The van der Waals surface area contributed by atoms with Gasteiger partial charge in [0, 0.05) is 15.7 Å². The lowest BCUT2D eigenvalue weighted by molar-refractivity contribution is 0.282. The molecule has 1 aromatic carbocycles. The van der Waals surface area contributed by atoms with E-state index in [0.29, 0.717) is 0 Å². The number of halogens is 1. The molecule has 0 amide bonds. The van der Waals surface area contributed by atoms with Gasteiger partial charge in [-0.05, 0) is 24.0 Å². The molecule has 1 heterocycles. The highest BCUT2D eigenvalue weighted by Crippen LogP contribution is 2.37. The van der Waals surface area contributed by atoms with Crippen molar-refractivity contribution in [2.75, 3.05) is 6.26 Å². The van der Waals surface area contributed by atoms with Crippen LogP contribution in [0.2, 0.25) is 5.02 Å². The van der Waals surface area contributed by atoms with Crippen LogP contribution in [0.15, 0.2) is 22.4 Å². The van der Waals surface area contributed by atoms with Gasteiger partial charge in [0.2, 0.25) is 0 Å². The van der Waals surface area contributed by atoms with Crippen molar-refractivity contribution < 1.29 is 5.11 Å². The number of hydrogen-bond donors (Lipinski definition) is 1. The monoisotopic (exact) mass is 244 g/mol. The summed E-state index contributed by atoms with van der Waals surface area (Å²) in [5.74, 6) is 0. The Morgan fingerprint density at radius 3 is 2.93 bits per heavy atom. The Kier molecular flexibility index (Phi) is 3.02. The van der Waals surface area contributed by atoms with Crippen molar-refractivity contribution in [2.45, 2.75) is 11.5 Å². The van der Waals surface area contributed by atoms with Crippen LogP contribution >= 0.6 is 34.7 Å². The predicted molar refractivity (Wildman–Crippen MR) is 64.5 cm³/mol. The third-order valence-electron chi connectivity index (χ3n) is 2.06. The van der Waals surface area contributed by atoms with E-state index in [9.17, 15) is 0 Å². The fourth-order valence-corrected chi connectivity index (χ4v) is 3.55. The maximum Gasteiger partial charge on any atom is 0.0682 e. The maximum absolute atomic E-state index is 9.06. The second-order valence-corrected chi connectivity index (χ2v) is 5.05. The molecule has 2 aromatic rings. The molecule has 0 spiro atoms. The largest absolute Gasteiger partial charge is 0.392 e. The van der Waals surface area contributed by atoms with Crippen molar-refractivity contribution >= 4 is 44.8 Å². The molecule has 2 rings (SSSR count). The smallest absolute Gasteiger partial charge is 0.0682 e. The predicted octanol–water partition coefficient (Wildman–Crippen LogP) is 3.77. The van der Waals surface area contributed by atoms with Gasteiger partial charge >= 0.3 is 0 Å². The third kappa shape index (κ3) is 1.65. The summed E-state index contributed by atoms with van der Waals surface area (Å²) in [6.07, 6.45) is 2.04. The summed E-state index contributed by atoms with van der Waals surface area (Å²) in [6.45, 7) is 0.0410. The van der Waals surface area contributed by atoms with E-state index >= 15 is 0 Å². The van der Waals surface area contributed by atoms with E-state index in [1.165, 1.54) is 4.90 Å². The van der Waals surface area contributed by atoms with E-state index in [1.54, 1.807) is 23.1 Å². The molecule has 1 aromatic heterocycles. The Morgan fingerprint density at radius 1 is 1.50 bits per heavy atom. The second-order valence-electron chi connectivity index (χ2n) is 2.92. The number of thiophene rings is 1. The minimum absolute atomic E-state index is 0.0410. The molecule has 0 radical (unpaired) electrons. The van der Waals surface area contributed by atoms with E-state index < -0.39 is 0 Å². The van der Waals surface area contributed by atoms with Gasteiger partial charge in [0.15, 0.2) is 0 Å². The van der Waals surface area contributed by atoms with Crippen molar-refractivity contribution in [1.82, 2.24) is 0 Å². The highest BCUT2D eigenvalue weighted by Gasteiger charge is 2.07. The molecule has 0 unspecified atom stereocenters.